The Morgan fingerprint density at radius 3 is 2.56 bits per heavy atom. The highest BCUT2D eigenvalue weighted by Gasteiger charge is 2.15. The van der Waals surface area contributed by atoms with Crippen LogP contribution in [0.15, 0.2) is 0 Å². The molecule has 0 unspecified atom stereocenters. The molecular weight excluding hydrogens is 224 g/mol. The van der Waals surface area contributed by atoms with E-state index in [-0.39, 0.29) is 5.97 Å². The molecule has 0 aromatic rings. The largest absolute Gasteiger partial charge is 0.465 e. The summed E-state index contributed by atoms with van der Waals surface area (Å²) in [7, 11) is 0. The summed E-state index contributed by atoms with van der Waals surface area (Å²) in [5.74, 6) is 0.525. The van der Waals surface area contributed by atoms with E-state index in [2.05, 4.69) is 6.92 Å². The molecule has 2 heteroatoms. The van der Waals surface area contributed by atoms with Gasteiger partial charge in [0.05, 0.1) is 13.0 Å². The van der Waals surface area contributed by atoms with Crippen molar-refractivity contribution in [3.05, 3.63) is 6.42 Å². The van der Waals surface area contributed by atoms with Gasteiger partial charge in [-0.3, -0.25) is 4.79 Å². The number of esters is 1. The third kappa shape index (κ3) is 7.73. The standard InChI is InChI=1S/C16H29O2/c1-2-3-4-5-6-10-13-16(17)18-14-15-11-8-7-9-12-15/h13,15H,2-12,14H2,1H3. The van der Waals surface area contributed by atoms with Crippen LogP contribution in [0, 0.1) is 12.3 Å². The topological polar surface area (TPSA) is 26.3 Å². The minimum Gasteiger partial charge on any atom is -0.465 e. The molecule has 0 aromatic heterocycles. The van der Waals surface area contributed by atoms with Crippen molar-refractivity contribution in [3.63, 3.8) is 0 Å². The van der Waals surface area contributed by atoms with Crippen molar-refractivity contribution in [2.45, 2.75) is 77.6 Å². The molecule has 0 saturated heterocycles. The summed E-state index contributed by atoms with van der Waals surface area (Å²) in [4.78, 5) is 11.5. The van der Waals surface area contributed by atoms with Gasteiger partial charge in [0, 0.05) is 0 Å². The van der Waals surface area contributed by atoms with E-state index in [1.54, 1.807) is 6.42 Å². The Hall–Kier alpha value is -0.530. The molecule has 1 rings (SSSR count). The van der Waals surface area contributed by atoms with Crippen molar-refractivity contribution in [3.8, 4) is 0 Å². The van der Waals surface area contributed by atoms with E-state index < -0.39 is 0 Å². The fourth-order valence-electron chi connectivity index (χ4n) is 2.58. The summed E-state index contributed by atoms with van der Waals surface area (Å²) in [6.07, 6.45) is 15.3. The maximum absolute atomic E-state index is 11.5. The molecule has 0 bridgehead atoms. The Balaban J connectivity index is 1.90. The van der Waals surface area contributed by atoms with Gasteiger partial charge in [-0.1, -0.05) is 58.3 Å². The van der Waals surface area contributed by atoms with Crippen molar-refractivity contribution in [1.82, 2.24) is 0 Å². The number of unbranched alkanes of at least 4 members (excludes halogenated alkanes) is 5. The van der Waals surface area contributed by atoms with Crippen molar-refractivity contribution in [2.75, 3.05) is 6.61 Å². The molecule has 0 amide bonds. The minimum absolute atomic E-state index is 0.101. The second-order valence-corrected chi connectivity index (χ2v) is 5.54. The van der Waals surface area contributed by atoms with Crippen LogP contribution >= 0.6 is 0 Å². The fraction of sp³-hybridized carbons (Fsp3) is 0.875. The molecular formula is C16H29O2. The van der Waals surface area contributed by atoms with Crippen LogP contribution in [0.1, 0.15) is 77.6 Å². The monoisotopic (exact) mass is 253 g/mol. The molecule has 18 heavy (non-hydrogen) atoms. The van der Waals surface area contributed by atoms with Gasteiger partial charge in [-0.25, -0.2) is 0 Å². The molecule has 0 spiro atoms. The second-order valence-electron chi connectivity index (χ2n) is 5.54. The van der Waals surface area contributed by atoms with Crippen LogP contribution in [0.3, 0.4) is 0 Å². The van der Waals surface area contributed by atoms with Crippen molar-refractivity contribution >= 4 is 5.97 Å². The molecule has 105 valence electrons. The van der Waals surface area contributed by atoms with E-state index in [9.17, 15) is 4.79 Å². The molecule has 0 atom stereocenters. The SMILES string of the molecule is CCCCCCC[CH]C(=O)OCC1CCCCC1. The molecule has 1 saturated carbocycles. The Kier molecular flexibility index (Phi) is 8.97. The van der Waals surface area contributed by atoms with Gasteiger partial charge >= 0.3 is 5.97 Å². The first-order valence-corrected chi connectivity index (χ1v) is 7.83. The van der Waals surface area contributed by atoms with E-state index in [4.69, 9.17) is 4.74 Å². The molecule has 1 fully saturated rings. The number of ether oxygens (including phenoxy) is 1. The zero-order valence-corrected chi connectivity index (χ0v) is 12.0. The van der Waals surface area contributed by atoms with Gasteiger partial charge in [-0.05, 0) is 25.2 Å². The van der Waals surface area contributed by atoms with Crippen LogP contribution in [0.4, 0.5) is 0 Å². The van der Waals surface area contributed by atoms with E-state index in [0.29, 0.717) is 12.5 Å². The molecule has 1 aliphatic carbocycles. The van der Waals surface area contributed by atoms with E-state index in [0.717, 1.165) is 12.8 Å². The summed E-state index contributed by atoms with van der Waals surface area (Å²) >= 11 is 0. The lowest BCUT2D eigenvalue weighted by molar-refractivity contribution is -0.141. The van der Waals surface area contributed by atoms with Crippen molar-refractivity contribution < 1.29 is 9.53 Å². The third-order valence-corrected chi connectivity index (χ3v) is 3.80. The average molecular weight is 253 g/mol. The first kappa shape index (κ1) is 15.5. The summed E-state index contributed by atoms with van der Waals surface area (Å²) in [6, 6.07) is 0. The quantitative estimate of drug-likeness (QED) is 0.441. The normalized spacial score (nSPS) is 16.7. The fourth-order valence-corrected chi connectivity index (χ4v) is 2.58. The van der Waals surface area contributed by atoms with E-state index in [1.807, 2.05) is 0 Å². The van der Waals surface area contributed by atoms with E-state index >= 15 is 0 Å². The lowest BCUT2D eigenvalue weighted by Crippen LogP contribution is -2.16. The van der Waals surface area contributed by atoms with Gasteiger partial charge < -0.3 is 4.74 Å². The highest BCUT2D eigenvalue weighted by molar-refractivity contribution is 5.78. The molecule has 0 aliphatic heterocycles. The predicted octanol–water partition coefficient (Wildman–Crippen LogP) is 4.67. The van der Waals surface area contributed by atoms with Crippen LogP contribution < -0.4 is 0 Å². The highest BCUT2D eigenvalue weighted by atomic mass is 16.5. The molecule has 0 heterocycles. The smallest absolute Gasteiger partial charge is 0.309 e. The maximum atomic E-state index is 11.5. The zero-order chi connectivity index (χ0) is 13.1. The number of carbonyl (C=O) groups excluding carboxylic acids is 1. The number of rotatable bonds is 9. The molecule has 2 nitrogen and oxygen atoms in total. The lowest BCUT2D eigenvalue weighted by atomic mass is 9.90. The predicted molar refractivity (Wildman–Crippen MR) is 75.2 cm³/mol. The summed E-state index contributed by atoms with van der Waals surface area (Å²) in [5.41, 5.74) is 0. The van der Waals surface area contributed by atoms with Crippen molar-refractivity contribution in [2.24, 2.45) is 5.92 Å². The molecule has 1 radical (unpaired) electrons. The van der Waals surface area contributed by atoms with Gasteiger partial charge in [0.15, 0.2) is 0 Å². The van der Waals surface area contributed by atoms with Crippen molar-refractivity contribution in [1.29, 1.82) is 0 Å². The number of hydrogen-bond acceptors (Lipinski definition) is 2. The summed E-state index contributed by atoms with van der Waals surface area (Å²) < 4.78 is 5.31. The van der Waals surface area contributed by atoms with Gasteiger partial charge in [0.2, 0.25) is 0 Å². The minimum atomic E-state index is -0.101. The van der Waals surface area contributed by atoms with Gasteiger partial charge in [-0.2, -0.15) is 0 Å². The Bertz CT molecular complexity index is 207. The van der Waals surface area contributed by atoms with Crippen LogP contribution in [0.5, 0.6) is 0 Å². The second kappa shape index (κ2) is 10.4. The molecule has 0 N–H and O–H groups in total. The van der Waals surface area contributed by atoms with E-state index in [1.165, 1.54) is 57.8 Å². The van der Waals surface area contributed by atoms with Gasteiger partial charge in [0.25, 0.3) is 0 Å². The first-order valence-electron chi connectivity index (χ1n) is 7.83. The third-order valence-electron chi connectivity index (χ3n) is 3.80. The number of hydrogen-bond donors (Lipinski definition) is 0. The van der Waals surface area contributed by atoms with Crippen LogP contribution in [-0.4, -0.2) is 12.6 Å². The van der Waals surface area contributed by atoms with Crippen LogP contribution in [0.2, 0.25) is 0 Å². The number of carbonyl (C=O) groups is 1. The van der Waals surface area contributed by atoms with Gasteiger partial charge in [0.1, 0.15) is 0 Å². The first-order chi connectivity index (χ1) is 8.83. The highest BCUT2D eigenvalue weighted by Crippen LogP contribution is 2.23. The average Bonchev–Trinajstić information content (AvgIpc) is 2.41. The zero-order valence-electron chi connectivity index (χ0n) is 12.0. The summed E-state index contributed by atoms with van der Waals surface area (Å²) in [6.45, 7) is 2.86. The summed E-state index contributed by atoms with van der Waals surface area (Å²) in [5, 5.41) is 0. The Morgan fingerprint density at radius 2 is 1.83 bits per heavy atom. The molecule has 1 aliphatic rings. The van der Waals surface area contributed by atoms with Crippen LogP contribution in [0.25, 0.3) is 0 Å². The molecule has 0 aromatic carbocycles. The van der Waals surface area contributed by atoms with Crippen LogP contribution in [-0.2, 0) is 9.53 Å². The maximum Gasteiger partial charge on any atom is 0.309 e. The van der Waals surface area contributed by atoms with Gasteiger partial charge in [-0.15, -0.1) is 0 Å². The Labute approximate surface area is 112 Å². The Morgan fingerprint density at radius 1 is 1.11 bits per heavy atom. The lowest BCUT2D eigenvalue weighted by Gasteiger charge is -2.20.